The van der Waals surface area contributed by atoms with Gasteiger partial charge in [-0.25, -0.2) is 4.79 Å². The van der Waals surface area contributed by atoms with Gasteiger partial charge in [0.1, 0.15) is 6.10 Å². The van der Waals surface area contributed by atoms with Crippen LogP contribution in [0.4, 0.5) is 5.69 Å². The van der Waals surface area contributed by atoms with E-state index in [1.807, 2.05) is 18.2 Å². The zero-order valence-electron chi connectivity index (χ0n) is 12.3. The predicted molar refractivity (Wildman–Crippen MR) is 86.0 cm³/mol. The summed E-state index contributed by atoms with van der Waals surface area (Å²) in [7, 11) is 0. The number of carbonyl (C=O) groups excluding carboxylic acids is 2. The average molecular weight is 318 g/mol. The summed E-state index contributed by atoms with van der Waals surface area (Å²) in [5.74, 6) is -0.672. The normalized spacial score (nSPS) is 11.6. The van der Waals surface area contributed by atoms with Crippen molar-refractivity contribution in [2.75, 3.05) is 5.32 Å². The molecule has 0 heterocycles. The van der Waals surface area contributed by atoms with E-state index in [4.69, 9.17) is 16.3 Å². The summed E-state index contributed by atoms with van der Waals surface area (Å²) in [6.45, 7) is 3.17. The molecular formula is C17H16ClNO3. The van der Waals surface area contributed by atoms with E-state index in [9.17, 15) is 9.59 Å². The molecule has 2 rings (SSSR count). The van der Waals surface area contributed by atoms with Crippen LogP contribution in [0.2, 0.25) is 5.02 Å². The van der Waals surface area contributed by atoms with E-state index in [1.54, 1.807) is 37.3 Å². The van der Waals surface area contributed by atoms with Crippen LogP contribution in [0.5, 0.6) is 0 Å². The van der Waals surface area contributed by atoms with Crippen molar-refractivity contribution >= 4 is 29.2 Å². The van der Waals surface area contributed by atoms with E-state index in [2.05, 4.69) is 5.32 Å². The highest BCUT2D eigenvalue weighted by Crippen LogP contribution is 2.26. The Morgan fingerprint density at radius 1 is 1.14 bits per heavy atom. The molecule has 0 aromatic heterocycles. The van der Waals surface area contributed by atoms with E-state index >= 15 is 0 Å². The van der Waals surface area contributed by atoms with Crippen LogP contribution in [0, 0.1) is 0 Å². The van der Waals surface area contributed by atoms with Crippen LogP contribution in [0.15, 0.2) is 48.5 Å². The minimum atomic E-state index is -0.473. The molecule has 0 radical (unpaired) electrons. The molecule has 0 spiro atoms. The third-order valence-electron chi connectivity index (χ3n) is 3.05. The molecule has 0 aliphatic heterocycles. The summed E-state index contributed by atoms with van der Waals surface area (Å²) in [5, 5.41) is 3.18. The molecule has 0 bridgehead atoms. The number of halogens is 1. The standard InChI is InChI=1S/C17H16ClNO3/c1-11(15-8-3-4-9-16(15)18)22-17(21)13-6-5-7-14(10-13)19-12(2)20/h3-11H,1-2H3,(H,19,20)/t11-/m1/s1. The number of rotatable bonds is 4. The summed E-state index contributed by atoms with van der Waals surface area (Å²) >= 11 is 6.09. The number of anilines is 1. The first-order chi connectivity index (χ1) is 10.5. The van der Waals surface area contributed by atoms with E-state index in [-0.39, 0.29) is 5.91 Å². The molecule has 0 aliphatic carbocycles. The SMILES string of the molecule is CC(=O)Nc1cccc(C(=O)O[C@H](C)c2ccccc2Cl)c1. The highest BCUT2D eigenvalue weighted by Gasteiger charge is 2.16. The van der Waals surface area contributed by atoms with Crippen LogP contribution >= 0.6 is 11.6 Å². The lowest BCUT2D eigenvalue weighted by Crippen LogP contribution is -2.11. The Bertz CT molecular complexity index is 700. The van der Waals surface area contributed by atoms with Gasteiger partial charge in [0, 0.05) is 23.2 Å². The van der Waals surface area contributed by atoms with Crippen molar-refractivity contribution < 1.29 is 14.3 Å². The minimum Gasteiger partial charge on any atom is -0.454 e. The number of carbonyl (C=O) groups is 2. The molecular weight excluding hydrogens is 302 g/mol. The predicted octanol–water partition coefficient (Wildman–Crippen LogP) is 4.22. The van der Waals surface area contributed by atoms with E-state index in [1.165, 1.54) is 6.92 Å². The maximum Gasteiger partial charge on any atom is 0.338 e. The van der Waals surface area contributed by atoms with Gasteiger partial charge in [0.25, 0.3) is 0 Å². The number of benzene rings is 2. The number of amides is 1. The van der Waals surface area contributed by atoms with Crippen LogP contribution in [0.25, 0.3) is 0 Å². The van der Waals surface area contributed by atoms with Crippen molar-refractivity contribution in [2.24, 2.45) is 0 Å². The third-order valence-corrected chi connectivity index (χ3v) is 3.39. The van der Waals surface area contributed by atoms with Crippen LogP contribution in [-0.4, -0.2) is 11.9 Å². The summed E-state index contributed by atoms with van der Waals surface area (Å²) < 4.78 is 5.43. The van der Waals surface area contributed by atoms with Crippen LogP contribution in [-0.2, 0) is 9.53 Å². The van der Waals surface area contributed by atoms with Gasteiger partial charge in [-0.2, -0.15) is 0 Å². The lowest BCUT2D eigenvalue weighted by Gasteiger charge is -2.15. The van der Waals surface area contributed by atoms with Crippen molar-refractivity contribution in [3.05, 3.63) is 64.7 Å². The van der Waals surface area contributed by atoms with Crippen molar-refractivity contribution in [3.8, 4) is 0 Å². The molecule has 0 saturated heterocycles. The Morgan fingerprint density at radius 3 is 2.55 bits per heavy atom. The second kappa shape index (κ2) is 7.09. The second-order valence-electron chi connectivity index (χ2n) is 4.83. The monoisotopic (exact) mass is 317 g/mol. The maximum atomic E-state index is 12.2. The molecule has 114 valence electrons. The topological polar surface area (TPSA) is 55.4 Å². The largest absolute Gasteiger partial charge is 0.454 e. The Kier molecular flexibility index (Phi) is 5.17. The van der Waals surface area contributed by atoms with E-state index in [0.717, 1.165) is 5.56 Å². The summed E-state index contributed by atoms with van der Waals surface area (Å²) in [6, 6.07) is 13.8. The molecule has 1 amide bonds. The highest BCUT2D eigenvalue weighted by molar-refractivity contribution is 6.31. The number of ether oxygens (including phenoxy) is 1. The molecule has 1 N–H and O–H groups in total. The van der Waals surface area contributed by atoms with Gasteiger partial charge in [-0.3, -0.25) is 4.79 Å². The number of esters is 1. The minimum absolute atomic E-state index is 0.199. The van der Waals surface area contributed by atoms with Crippen LogP contribution in [0.3, 0.4) is 0 Å². The molecule has 22 heavy (non-hydrogen) atoms. The van der Waals surface area contributed by atoms with Crippen LogP contribution in [0.1, 0.15) is 35.9 Å². The summed E-state index contributed by atoms with van der Waals surface area (Å²) in [5.41, 5.74) is 1.66. The van der Waals surface area contributed by atoms with Crippen LogP contribution < -0.4 is 5.32 Å². The van der Waals surface area contributed by atoms with Gasteiger partial charge in [-0.15, -0.1) is 0 Å². The van der Waals surface area contributed by atoms with E-state index in [0.29, 0.717) is 16.3 Å². The zero-order valence-corrected chi connectivity index (χ0v) is 13.1. The lowest BCUT2D eigenvalue weighted by molar-refractivity contribution is -0.114. The molecule has 4 nitrogen and oxygen atoms in total. The Balaban J connectivity index is 2.12. The van der Waals surface area contributed by atoms with Gasteiger partial charge in [-0.05, 0) is 31.2 Å². The number of nitrogens with one attached hydrogen (secondary N) is 1. The Hall–Kier alpha value is -2.33. The fraction of sp³-hybridized carbons (Fsp3) is 0.176. The average Bonchev–Trinajstić information content (AvgIpc) is 2.47. The van der Waals surface area contributed by atoms with Gasteiger partial charge in [0.15, 0.2) is 0 Å². The fourth-order valence-corrected chi connectivity index (χ4v) is 2.31. The Labute approximate surface area is 134 Å². The lowest BCUT2D eigenvalue weighted by atomic mass is 10.1. The quantitative estimate of drug-likeness (QED) is 0.859. The number of hydrogen-bond donors (Lipinski definition) is 1. The molecule has 0 unspecified atom stereocenters. The van der Waals surface area contributed by atoms with Crippen molar-refractivity contribution in [3.63, 3.8) is 0 Å². The molecule has 0 saturated carbocycles. The van der Waals surface area contributed by atoms with E-state index < -0.39 is 12.1 Å². The summed E-state index contributed by atoms with van der Waals surface area (Å²) in [4.78, 5) is 23.3. The molecule has 1 atom stereocenters. The Morgan fingerprint density at radius 2 is 1.86 bits per heavy atom. The molecule has 2 aromatic carbocycles. The molecule has 0 fully saturated rings. The molecule has 2 aromatic rings. The molecule has 0 aliphatic rings. The first-order valence-electron chi connectivity index (χ1n) is 6.80. The van der Waals surface area contributed by atoms with Crippen molar-refractivity contribution in [2.45, 2.75) is 20.0 Å². The first kappa shape index (κ1) is 16.0. The van der Waals surface area contributed by atoms with Crippen molar-refractivity contribution in [1.29, 1.82) is 0 Å². The number of hydrogen-bond acceptors (Lipinski definition) is 3. The van der Waals surface area contributed by atoms with Crippen molar-refractivity contribution in [1.82, 2.24) is 0 Å². The van der Waals surface area contributed by atoms with Gasteiger partial charge >= 0.3 is 5.97 Å². The maximum absolute atomic E-state index is 12.2. The van der Waals surface area contributed by atoms with Gasteiger partial charge in [0.05, 0.1) is 5.56 Å². The smallest absolute Gasteiger partial charge is 0.338 e. The fourth-order valence-electron chi connectivity index (χ4n) is 2.02. The molecule has 5 heteroatoms. The highest BCUT2D eigenvalue weighted by atomic mass is 35.5. The van der Waals surface area contributed by atoms with Gasteiger partial charge < -0.3 is 10.1 Å². The summed E-state index contributed by atoms with van der Waals surface area (Å²) in [6.07, 6.45) is -0.467. The van der Waals surface area contributed by atoms with Gasteiger partial charge in [0.2, 0.25) is 5.91 Å². The first-order valence-corrected chi connectivity index (χ1v) is 7.18. The van der Waals surface area contributed by atoms with Gasteiger partial charge in [-0.1, -0.05) is 35.9 Å². The second-order valence-corrected chi connectivity index (χ2v) is 5.24. The zero-order chi connectivity index (χ0) is 16.1. The third kappa shape index (κ3) is 4.09.